The van der Waals surface area contributed by atoms with Gasteiger partial charge < -0.3 is 19.9 Å². The van der Waals surface area contributed by atoms with Gasteiger partial charge >= 0.3 is 0 Å². The highest BCUT2D eigenvalue weighted by Gasteiger charge is 2.14. The van der Waals surface area contributed by atoms with Crippen molar-refractivity contribution in [3.8, 4) is 11.8 Å². The smallest absolute Gasteiger partial charge is 0.0931 e. The van der Waals surface area contributed by atoms with Gasteiger partial charge in [-0.25, -0.2) is 0 Å². The molecule has 2 N–H and O–H groups in total. The molecule has 4 rings (SSSR count). The van der Waals surface area contributed by atoms with Gasteiger partial charge in [-0.3, -0.25) is 4.98 Å². The molecule has 0 saturated carbocycles. The Balaban J connectivity index is 1.48. The molecular weight excluding hydrogens is 372 g/mol. The van der Waals surface area contributed by atoms with E-state index in [1.807, 2.05) is 25.3 Å². The Labute approximate surface area is 178 Å². The van der Waals surface area contributed by atoms with E-state index in [-0.39, 0.29) is 0 Å². The molecule has 3 aromatic rings. The highest BCUT2D eigenvalue weighted by molar-refractivity contribution is 5.85. The minimum Gasteiger partial charge on any atom is -0.381 e. The second kappa shape index (κ2) is 9.80. The lowest BCUT2D eigenvalue weighted by Crippen LogP contribution is -2.34. The first-order valence-electron chi connectivity index (χ1n) is 10.8. The van der Waals surface area contributed by atoms with E-state index >= 15 is 0 Å². The SMILES string of the molecule is CCn1c(C#CCNc2ccc(C)nc2)cc2c(CNC3CCOCC3)cccc21. The Morgan fingerprint density at radius 1 is 1.20 bits per heavy atom. The maximum Gasteiger partial charge on any atom is 0.0931 e. The van der Waals surface area contributed by atoms with Gasteiger partial charge in [0.15, 0.2) is 0 Å². The van der Waals surface area contributed by atoms with Crippen LogP contribution in [0.15, 0.2) is 42.6 Å². The molecule has 0 bridgehead atoms. The molecule has 156 valence electrons. The summed E-state index contributed by atoms with van der Waals surface area (Å²) in [5, 5.41) is 8.32. The summed E-state index contributed by atoms with van der Waals surface area (Å²) in [4.78, 5) is 4.31. The average Bonchev–Trinajstić information content (AvgIpc) is 3.15. The predicted molar refractivity (Wildman–Crippen MR) is 123 cm³/mol. The number of ether oxygens (including phenoxy) is 1. The predicted octanol–water partition coefficient (Wildman–Crippen LogP) is 4.10. The lowest BCUT2D eigenvalue weighted by molar-refractivity contribution is 0.0776. The number of fused-ring (bicyclic) bond motifs is 1. The van der Waals surface area contributed by atoms with Crippen LogP contribution in [0.4, 0.5) is 5.69 Å². The normalized spacial score (nSPS) is 14.5. The summed E-state index contributed by atoms with van der Waals surface area (Å²) < 4.78 is 7.77. The zero-order valence-corrected chi connectivity index (χ0v) is 17.9. The number of nitrogens with zero attached hydrogens (tertiary/aromatic N) is 2. The number of anilines is 1. The lowest BCUT2D eigenvalue weighted by Gasteiger charge is -2.23. The molecule has 30 heavy (non-hydrogen) atoms. The maximum atomic E-state index is 5.47. The van der Waals surface area contributed by atoms with Crippen LogP contribution < -0.4 is 10.6 Å². The van der Waals surface area contributed by atoms with E-state index in [4.69, 9.17) is 4.74 Å². The van der Waals surface area contributed by atoms with E-state index in [0.717, 1.165) is 56.2 Å². The van der Waals surface area contributed by atoms with Crippen molar-refractivity contribution in [2.75, 3.05) is 25.1 Å². The molecule has 3 heterocycles. The zero-order chi connectivity index (χ0) is 20.8. The summed E-state index contributed by atoms with van der Waals surface area (Å²) in [7, 11) is 0. The second-order valence-electron chi connectivity index (χ2n) is 7.73. The summed E-state index contributed by atoms with van der Waals surface area (Å²) >= 11 is 0. The fourth-order valence-electron chi connectivity index (χ4n) is 3.95. The van der Waals surface area contributed by atoms with Crippen molar-refractivity contribution in [1.82, 2.24) is 14.9 Å². The Hall–Kier alpha value is -2.81. The molecule has 0 amide bonds. The molecular formula is C25H30N4O. The topological polar surface area (TPSA) is 51.1 Å². The molecule has 0 unspecified atom stereocenters. The van der Waals surface area contributed by atoms with Crippen LogP contribution in [0, 0.1) is 18.8 Å². The Morgan fingerprint density at radius 2 is 2.07 bits per heavy atom. The maximum absolute atomic E-state index is 5.47. The van der Waals surface area contributed by atoms with Gasteiger partial charge in [0.25, 0.3) is 0 Å². The molecule has 1 aliphatic heterocycles. The number of aryl methyl sites for hydroxylation is 2. The molecule has 0 spiro atoms. The van der Waals surface area contributed by atoms with Crippen LogP contribution in [-0.2, 0) is 17.8 Å². The third-order valence-corrected chi connectivity index (χ3v) is 5.66. The van der Waals surface area contributed by atoms with Crippen molar-refractivity contribution in [1.29, 1.82) is 0 Å². The molecule has 5 heteroatoms. The van der Waals surface area contributed by atoms with E-state index in [1.54, 1.807) is 0 Å². The molecule has 1 aliphatic rings. The molecule has 0 aliphatic carbocycles. The Morgan fingerprint density at radius 3 is 2.83 bits per heavy atom. The van der Waals surface area contributed by atoms with Crippen LogP contribution in [0.2, 0.25) is 0 Å². The van der Waals surface area contributed by atoms with E-state index in [2.05, 4.69) is 63.2 Å². The Kier molecular flexibility index (Phi) is 6.68. The summed E-state index contributed by atoms with van der Waals surface area (Å²) in [6, 6.07) is 13.4. The van der Waals surface area contributed by atoms with Crippen molar-refractivity contribution in [3.63, 3.8) is 0 Å². The van der Waals surface area contributed by atoms with Gasteiger partial charge in [-0.15, -0.1) is 0 Å². The van der Waals surface area contributed by atoms with Gasteiger partial charge in [0, 0.05) is 48.9 Å². The van der Waals surface area contributed by atoms with Crippen molar-refractivity contribution in [2.24, 2.45) is 0 Å². The van der Waals surface area contributed by atoms with Crippen LogP contribution >= 0.6 is 0 Å². The largest absolute Gasteiger partial charge is 0.381 e. The van der Waals surface area contributed by atoms with Crippen molar-refractivity contribution < 1.29 is 4.74 Å². The standard InChI is InChI=1S/C25H30N4O/c1-3-29-23(7-5-13-26-22-10-9-19(2)27-18-22)16-24-20(6-4-8-25(24)29)17-28-21-11-14-30-15-12-21/h4,6,8-10,16,18,21,26,28H,3,11-15,17H2,1-2H3. The third-order valence-electron chi connectivity index (χ3n) is 5.66. The van der Waals surface area contributed by atoms with Crippen LogP contribution in [-0.4, -0.2) is 35.4 Å². The average molecular weight is 403 g/mol. The monoisotopic (exact) mass is 402 g/mol. The quantitative estimate of drug-likeness (QED) is 0.610. The summed E-state index contributed by atoms with van der Waals surface area (Å²) in [5.41, 5.74) is 5.66. The minimum absolute atomic E-state index is 0.545. The first-order valence-corrected chi connectivity index (χ1v) is 10.8. The van der Waals surface area contributed by atoms with Crippen LogP contribution in [0.5, 0.6) is 0 Å². The van der Waals surface area contributed by atoms with Gasteiger partial charge in [-0.05, 0) is 62.4 Å². The summed E-state index contributed by atoms with van der Waals surface area (Å²) in [5.74, 6) is 6.63. The first kappa shape index (κ1) is 20.5. The van der Waals surface area contributed by atoms with Gasteiger partial charge in [-0.1, -0.05) is 18.1 Å². The number of rotatable bonds is 6. The lowest BCUT2D eigenvalue weighted by atomic mass is 10.1. The zero-order valence-electron chi connectivity index (χ0n) is 17.9. The van der Waals surface area contributed by atoms with E-state index in [9.17, 15) is 0 Å². The van der Waals surface area contributed by atoms with Gasteiger partial charge in [-0.2, -0.15) is 0 Å². The highest BCUT2D eigenvalue weighted by Crippen LogP contribution is 2.24. The molecule has 5 nitrogen and oxygen atoms in total. The van der Waals surface area contributed by atoms with Crippen LogP contribution in [0.25, 0.3) is 10.9 Å². The van der Waals surface area contributed by atoms with Crippen LogP contribution in [0.3, 0.4) is 0 Å². The third kappa shape index (κ3) is 4.84. The molecule has 2 aromatic heterocycles. The number of hydrogen-bond acceptors (Lipinski definition) is 4. The molecule has 1 saturated heterocycles. The number of pyridine rings is 1. The summed E-state index contributed by atoms with van der Waals surface area (Å²) in [6.45, 7) is 8.26. The number of hydrogen-bond donors (Lipinski definition) is 2. The minimum atomic E-state index is 0.545. The fraction of sp³-hybridized carbons (Fsp3) is 0.400. The number of benzene rings is 1. The fourth-order valence-corrected chi connectivity index (χ4v) is 3.95. The number of aromatic nitrogens is 2. The van der Waals surface area contributed by atoms with Crippen molar-refractivity contribution >= 4 is 16.6 Å². The highest BCUT2D eigenvalue weighted by atomic mass is 16.5. The molecule has 0 atom stereocenters. The van der Waals surface area contributed by atoms with E-state index in [1.165, 1.54) is 16.5 Å². The molecule has 1 aromatic carbocycles. The second-order valence-corrected chi connectivity index (χ2v) is 7.73. The van der Waals surface area contributed by atoms with Gasteiger partial charge in [0.2, 0.25) is 0 Å². The number of nitrogens with one attached hydrogen (secondary N) is 2. The van der Waals surface area contributed by atoms with Gasteiger partial charge in [0.05, 0.1) is 24.1 Å². The summed E-state index contributed by atoms with van der Waals surface area (Å²) in [6.07, 6.45) is 4.02. The first-order chi connectivity index (χ1) is 14.7. The van der Waals surface area contributed by atoms with E-state index < -0.39 is 0 Å². The van der Waals surface area contributed by atoms with Crippen LogP contribution in [0.1, 0.15) is 36.7 Å². The molecule has 0 radical (unpaired) electrons. The van der Waals surface area contributed by atoms with Crippen molar-refractivity contribution in [3.05, 3.63) is 59.5 Å². The van der Waals surface area contributed by atoms with E-state index in [0.29, 0.717) is 12.6 Å². The van der Waals surface area contributed by atoms with Crippen molar-refractivity contribution in [2.45, 2.75) is 45.8 Å². The molecule has 1 fully saturated rings. The Bertz CT molecular complexity index is 1040. The van der Waals surface area contributed by atoms with Gasteiger partial charge in [0.1, 0.15) is 0 Å².